The molecule has 1 rings (SSSR count). The fourth-order valence-corrected chi connectivity index (χ4v) is 0.799. The zero-order chi connectivity index (χ0) is 8.81. The van der Waals surface area contributed by atoms with E-state index in [4.69, 9.17) is 4.74 Å². The Morgan fingerprint density at radius 3 is 3.00 bits per heavy atom. The van der Waals surface area contributed by atoms with Crippen molar-refractivity contribution < 1.29 is 9.53 Å². The Labute approximate surface area is 72.6 Å². The highest BCUT2D eigenvalue weighted by Gasteiger charge is 2.16. The molecular weight excluding hydrogens is 152 g/mol. The van der Waals surface area contributed by atoms with E-state index in [1.807, 2.05) is 6.08 Å². The largest absolute Gasteiger partial charge is 0.452 e. The summed E-state index contributed by atoms with van der Waals surface area (Å²) in [6, 6.07) is 0. The van der Waals surface area contributed by atoms with Crippen LogP contribution in [0.15, 0.2) is 12.2 Å². The zero-order valence-corrected chi connectivity index (χ0v) is 7.17. The molecule has 0 N–H and O–H groups in total. The molecule has 1 fully saturated rings. The minimum absolute atomic E-state index is 0.351. The van der Waals surface area contributed by atoms with Gasteiger partial charge in [-0.05, 0) is 25.7 Å². The van der Waals surface area contributed by atoms with Crippen molar-refractivity contribution in [2.75, 3.05) is 6.61 Å². The highest BCUT2D eigenvalue weighted by molar-refractivity contribution is 5.88. The maximum Gasteiger partial charge on any atom is 0.384 e. The van der Waals surface area contributed by atoms with Gasteiger partial charge in [0.15, 0.2) is 0 Å². The molecule has 0 aromatic rings. The van der Waals surface area contributed by atoms with Gasteiger partial charge < -0.3 is 4.74 Å². The lowest BCUT2D eigenvalue weighted by molar-refractivity contribution is -0.135. The van der Waals surface area contributed by atoms with E-state index in [0.29, 0.717) is 6.61 Å². The van der Waals surface area contributed by atoms with Gasteiger partial charge in [-0.2, -0.15) is 0 Å². The van der Waals surface area contributed by atoms with Crippen LogP contribution < -0.4 is 0 Å². The van der Waals surface area contributed by atoms with E-state index in [1.165, 1.54) is 12.8 Å². The Bertz CT molecular complexity index is 238. The summed E-state index contributed by atoms with van der Waals surface area (Å²) in [5.41, 5.74) is 0. The molecule has 64 valence electrons. The molecule has 0 atom stereocenters. The maximum atomic E-state index is 10.7. The molecule has 2 heteroatoms. The summed E-state index contributed by atoms with van der Waals surface area (Å²) in [4.78, 5) is 10.7. The molecule has 2 nitrogen and oxygen atoms in total. The van der Waals surface area contributed by atoms with Crippen LogP contribution in [0.4, 0.5) is 0 Å². The minimum atomic E-state index is -0.446. The van der Waals surface area contributed by atoms with Crippen LogP contribution in [0.3, 0.4) is 0 Å². The molecule has 1 saturated carbocycles. The predicted molar refractivity (Wildman–Crippen MR) is 46.3 cm³/mol. The molecule has 0 bridgehead atoms. The molecule has 0 amide bonds. The van der Waals surface area contributed by atoms with Gasteiger partial charge in [-0.15, -0.1) is 0 Å². The van der Waals surface area contributed by atoms with Crippen molar-refractivity contribution in [1.82, 2.24) is 0 Å². The van der Waals surface area contributed by atoms with E-state index in [1.54, 1.807) is 6.92 Å². The second-order valence-electron chi connectivity index (χ2n) is 2.74. The van der Waals surface area contributed by atoms with Crippen LogP contribution in [0.1, 0.15) is 19.8 Å². The van der Waals surface area contributed by atoms with Gasteiger partial charge in [0.1, 0.15) is 6.61 Å². The molecule has 1 aliphatic carbocycles. The number of carbonyl (C=O) groups excluding carboxylic acids is 1. The number of allylic oxidation sites excluding steroid dienone is 1. The monoisotopic (exact) mass is 164 g/mol. The second kappa shape index (κ2) is 4.61. The number of carbonyl (C=O) groups is 1. The van der Waals surface area contributed by atoms with Crippen LogP contribution in [0.5, 0.6) is 0 Å². The van der Waals surface area contributed by atoms with Gasteiger partial charge in [-0.1, -0.05) is 18.1 Å². The summed E-state index contributed by atoms with van der Waals surface area (Å²) in [5.74, 6) is 5.08. The SMILES string of the molecule is CC#CC(=O)OC/C=C/C1CC1. The minimum Gasteiger partial charge on any atom is -0.452 e. The smallest absolute Gasteiger partial charge is 0.384 e. The molecule has 0 spiro atoms. The molecule has 0 aromatic carbocycles. The first-order chi connectivity index (χ1) is 5.83. The van der Waals surface area contributed by atoms with Crippen molar-refractivity contribution in [3.63, 3.8) is 0 Å². The van der Waals surface area contributed by atoms with Gasteiger partial charge in [0, 0.05) is 5.92 Å². The normalized spacial score (nSPS) is 15.4. The fraction of sp³-hybridized carbons (Fsp3) is 0.500. The van der Waals surface area contributed by atoms with E-state index >= 15 is 0 Å². The molecule has 0 aliphatic heterocycles. The first-order valence-corrected chi connectivity index (χ1v) is 4.09. The quantitative estimate of drug-likeness (QED) is 0.273. The standard InChI is InChI=1S/C10H12O2/c1-2-4-10(11)12-8-3-5-9-6-7-9/h3,5,9H,6-8H2,1H3/b5-3+. The number of rotatable bonds is 3. The molecular formula is C10H12O2. The summed E-state index contributed by atoms with van der Waals surface area (Å²) >= 11 is 0. The Morgan fingerprint density at radius 2 is 2.42 bits per heavy atom. The van der Waals surface area contributed by atoms with Crippen LogP contribution in [0.2, 0.25) is 0 Å². The van der Waals surface area contributed by atoms with Gasteiger partial charge in [0.25, 0.3) is 0 Å². The van der Waals surface area contributed by atoms with Crippen molar-refractivity contribution in [2.24, 2.45) is 5.92 Å². The third kappa shape index (κ3) is 3.82. The molecule has 1 aliphatic rings. The summed E-state index contributed by atoms with van der Waals surface area (Å²) in [5, 5.41) is 0. The summed E-state index contributed by atoms with van der Waals surface area (Å²) in [6.07, 6.45) is 6.53. The van der Waals surface area contributed by atoms with Crippen LogP contribution in [-0.4, -0.2) is 12.6 Å². The predicted octanol–water partition coefficient (Wildman–Crippen LogP) is 1.52. The highest BCUT2D eigenvalue weighted by Crippen LogP contribution is 2.29. The lowest BCUT2D eigenvalue weighted by Gasteiger charge is -1.92. The van der Waals surface area contributed by atoms with E-state index in [0.717, 1.165) is 5.92 Å². The Balaban J connectivity index is 2.06. The number of hydrogen-bond acceptors (Lipinski definition) is 2. The molecule has 12 heavy (non-hydrogen) atoms. The first-order valence-electron chi connectivity index (χ1n) is 4.09. The van der Waals surface area contributed by atoms with Gasteiger partial charge in [-0.25, -0.2) is 4.79 Å². The topological polar surface area (TPSA) is 26.3 Å². The zero-order valence-electron chi connectivity index (χ0n) is 7.17. The van der Waals surface area contributed by atoms with Crippen LogP contribution >= 0.6 is 0 Å². The average molecular weight is 164 g/mol. The number of esters is 1. The van der Waals surface area contributed by atoms with Crippen LogP contribution in [0, 0.1) is 17.8 Å². The number of ether oxygens (including phenoxy) is 1. The molecule has 0 aromatic heterocycles. The maximum absolute atomic E-state index is 10.7. The van der Waals surface area contributed by atoms with Crippen LogP contribution in [0.25, 0.3) is 0 Å². The van der Waals surface area contributed by atoms with Gasteiger partial charge in [0.05, 0.1) is 0 Å². The van der Waals surface area contributed by atoms with E-state index in [9.17, 15) is 4.79 Å². The molecule has 0 unspecified atom stereocenters. The van der Waals surface area contributed by atoms with Gasteiger partial charge in [-0.3, -0.25) is 0 Å². The summed E-state index contributed by atoms with van der Waals surface area (Å²) < 4.78 is 4.76. The van der Waals surface area contributed by atoms with Crippen molar-refractivity contribution in [3.05, 3.63) is 12.2 Å². The van der Waals surface area contributed by atoms with Crippen molar-refractivity contribution >= 4 is 5.97 Å². The summed E-state index contributed by atoms with van der Waals surface area (Å²) in [6.45, 7) is 1.96. The van der Waals surface area contributed by atoms with E-state index < -0.39 is 5.97 Å². The van der Waals surface area contributed by atoms with E-state index in [2.05, 4.69) is 17.9 Å². The third-order valence-electron chi connectivity index (χ3n) is 1.57. The Morgan fingerprint density at radius 1 is 1.67 bits per heavy atom. The van der Waals surface area contributed by atoms with Crippen molar-refractivity contribution in [3.8, 4) is 11.8 Å². The van der Waals surface area contributed by atoms with Crippen molar-refractivity contribution in [2.45, 2.75) is 19.8 Å². The molecule has 0 heterocycles. The second-order valence-corrected chi connectivity index (χ2v) is 2.74. The highest BCUT2D eigenvalue weighted by atomic mass is 16.5. The van der Waals surface area contributed by atoms with Crippen LogP contribution in [-0.2, 0) is 9.53 Å². The first kappa shape index (κ1) is 8.86. The Kier molecular flexibility index (Phi) is 3.40. The lowest BCUT2D eigenvalue weighted by Crippen LogP contribution is -2.00. The molecule has 0 saturated heterocycles. The number of hydrogen-bond donors (Lipinski definition) is 0. The van der Waals surface area contributed by atoms with Crippen molar-refractivity contribution in [1.29, 1.82) is 0 Å². The lowest BCUT2D eigenvalue weighted by atomic mass is 10.4. The Hall–Kier alpha value is -1.23. The fourth-order valence-electron chi connectivity index (χ4n) is 0.799. The van der Waals surface area contributed by atoms with Gasteiger partial charge in [0.2, 0.25) is 0 Å². The summed E-state index contributed by atoms with van der Waals surface area (Å²) in [7, 11) is 0. The molecule has 0 radical (unpaired) electrons. The van der Waals surface area contributed by atoms with E-state index in [-0.39, 0.29) is 0 Å². The van der Waals surface area contributed by atoms with Gasteiger partial charge >= 0.3 is 5.97 Å². The third-order valence-corrected chi connectivity index (χ3v) is 1.57. The average Bonchev–Trinajstić information content (AvgIpc) is 2.82.